The van der Waals surface area contributed by atoms with Gasteiger partial charge in [-0.3, -0.25) is 39.5 Å². The number of nitrogens with zero attached hydrogens (tertiary/aromatic N) is 3. The van der Waals surface area contributed by atoms with E-state index in [1.807, 2.05) is 0 Å². The predicted molar refractivity (Wildman–Crippen MR) is 101 cm³/mol. The number of hydrogen-bond acceptors (Lipinski definition) is 9. The van der Waals surface area contributed by atoms with E-state index in [2.05, 4.69) is 0 Å². The summed E-state index contributed by atoms with van der Waals surface area (Å²) in [5.74, 6) is -3.77. The number of carbonyl (C=O) groups is 4. The summed E-state index contributed by atoms with van der Waals surface area (Å²) in [5, 5.41) is 22.0. The van der Waals surface area contributed by atoms with E-state index >= 15 is 0 Å². The smallest absolute Gasteiger partial charge is 0.329 e. The summed E-state index contributed by atoms with van der Waals surface area (Å²) in [7, 11) is 0. The van der Waals surface area contributed by atoms with Gasteiger partial charge in [0.05, 0.1) is 15.4 Å². The van der Waals surface area contributed by atoms with Crippen molar-refractivity contribution >= 4 is 34.9 Å². The van der Waals surface area contributed by atoms with Crippen LogP contribution in [-0.4, -0.2) is 51.0 Å². The van der Waals surface area contributed by atoms with Gasteiger partial charge in [-0.15, -0.1) is 0 Å². The van der Waals surface area contributed by atoms with Gasteiger partial charge in [0.2, 0.25) is 5.78 Å². The van der Waals surface area contributed by atoms with Gasteiger partial charge in [-0.2, -0.15) is 0 Å². The summed E-state index contributed by atoms with van der Waals surface area (Å²) >= 11 is 0. The highest BCUT2D eigenvalue weighted by Gasteiger charge is 2.45. The van der Waals surface area contributed by atoms with Crippen LogP contribution in [0, 0.1) is 20.2 Å². The van der Waals surface area contributed by atoms with Crippen molar-refractivity contribution in [2.45, 2.75) is 13.0 Å². The average Bonchev–Trinajstić information content (AvgIpc) is 3.01. The van der Waals surface area contributed by atoms with Crippen LogP contribution in [0.4, 0.5) is 11.4 Å². The number of Topliss-reactive ketones (excluding diaryl/α,β-unsaturated/α-hetero) is 1. The molecule has 0 fully saturated rings. The maximum Gasteiger partial charge on any atom is 0.329 e. The number of rotatable bonds is 7. The molecule has 0 bridgehead atoms. The number of carbonyl (C=O) groups excluding carboxylic acids is 4. The summed E-state index contributed by atoms with van der Waals surface area (Å²) < 4.78 is 4.87. The molecule has 2 aromatic rings. The molecule has 0 radical (unpaired) electrons. The fraction of sp³-hybridized carbons (Fsp3) is 0.158. The zero-order chi connectivity index (χ0) is 22.9. The zero-order valence-corrected chi connectivity index (χ0v) is 15.8. The van der Waals surface area contributed by atoms with Crippen LogP contribution >= 0.6 is 0 Å². The highest BCUT2D eigenvalue weighted by molar-refractivity contribution is 6.24. The molecule has 0 aliphatic carbocycles. The van der Waals surface area contributed by atoms with Crippen LogP contribution in [0.5, 0.6) is 0 Å². The summed E-state index contributed by atoms with van der Waals surface area (Å²) in [4.78, 5) is 70.6. The molecule has 1 aliphatic rings. The Hall–Kier alpha value is -4.48. The van der Waals surface area contributed by atoms with Crippen LogP contribution in [0.2, 0.25) is 0 Å². The maximum atomic E-state index is 12.6. The molecule has 2 aromatic carbocycles. The molecule has 2 amide bonds. The summed E-state index contributed by atoms with van der Waals surface area (Å²) in [6.07, 6.45) is 0. The number of esters is 1. The van der Waals surface area contributed by atoms with Crippen molar-refractivity contribution < 1.29 is 33.8 Å². The second-order valence-electron chi connectivity index (χ2n) is 6.45. The Kier molecular flexibility index (Phi) is 5.55. The largest absolute Gasteiger partial charge is 0.456 e. The molecule has 31 heavy (non-hydrogen) atoms. The first kappa shape index (κ1) is 21.2. The van der Waals surface area contributed by atoms with Crippen molar-refractivity contribution in [2.75, 3.05) is 6.61 Å². The highest BCUT2D eigenvalue weighted by Crippen LogP contribution is 2.32. The summed E-state index contributed by atoms with van der Waals surface area (Å²) in [5.41, 5.74) is -1.60. The minimum Gasteiger partial charge on any atom is -0.456 e. The Morgan fingerprint density at radius 2 is 1.71 bits per heavy atom. The number of fused-ring (bicyclic) bond motifs is 1. The molecule has 0 N–H and O–H groups in total. The molecule has 158 valence electrons. The van der Waals surface area contributed by atoms with Crippen molar-refractivity contribution in [1.82, 2.24) is 4.90 Å². The standard InChI is InChI=1S/C19H13N3O9/c1-10(19(26)31-9-15(23)11-4-2-5-12(8-11)21(27)28)20-17(24)13-6-3-7-14(22(29)30)16(13)18(20)25/h2-8,10H,9H2,1H3. The van der Waals surface area contributed by atoms with Crippen LogP contribution in [0.15, 0.2) is 42.5 Å². The molecule has 1 unspecified atom stereocenters. The molecule has 0 saturated carbocycles. The molecular formula is C19H13N3O9. The number of amides is 2. The topological polar surface area (TPSA) is 167 Å². The van der Waals surface area contributed by atoms with Crippen molar-refractivity contribution in [3.8, 4) is 0 Å². The first-order valence-corrected chi connectivity index (χ1v) is 8.73. The Labute approximate surface area is 173 Å². The van der Waals surface area contributed by atoms with E-state index in [9.17, 15) is 39.4 Å². The van der Waals surface area contributed by atoms with Crippen LogP contribution in [0.3, 0.4) is 0 Å². The van der Waals surface area contributed by atoms with Gasteiger partial charge in [0.15, 0.2) is 6.61 Å². The van der Waals surface area contributed by atoms with Gasteiger partial charge in [0, 0.05) is 23.8 Å². The lowest BCUT2D eigenvalue weighted by Crippen LogP contribution is -2.44. The zero-order valence-electron chi connectivity index (χ0n) is 15.8. The molecule has 12 heteroatoms. The Bertz CT molecular complexity index is 1160. The van der Waals surface area contributed by atoms with Gasteiger partial charge >= 0.3 is 5.97 Å². The third-order valence-electron chi connectivity index (χ3n) is 4.57. The van der Waals surface area contributed by atoms with E-state index in [0.29, 0.717) is 4.90 Å². The fourth-order valence-electron chi connectivity index (χ4n) is 3.03. The van der Waals surface area contributed by atoms with E-state index in [1.54, 1.807) is 0 Å². The second kappa shape index (κ2) is 8.10. The molecular weight excluding hydrogens is 414 g/mol. The van der Waals surface area contributed by atoms with Crippen LogP contribution < -0.4 is 0 Å². The van der Waals surface area contributed by atoms with Gasteiger partial charge in [-0.05, 0) is 13.0 Å². The SMILES string of the molecule is CC(C(=O)OCC(=O)c1cccc([N+](=O)[O-])c1)N1C(=O)c2cccc([N+](=O)[O-])c2C1=O. The summed E-state index contributed by atoms with van der Waals surface area (Å²) in [6.45, 7) is 0.390. The van der Waals surface area contributed by atoms with Crippen molar-refractivity contribution in [3.63, 3.8) is 0 Å². The average molecular weight is 427 g/mol. The number of imide groups is 1. The predicted octanol–water partition coefficient (Wildman–Crippen LogP) is 1.91. The quantitative estimate of drug-likeness (QED) is 0.211. The molecule has 0 saturated heterocycles. The molecule has 3 rings (SSSR count). The van der Waals surface area contributed by atoms with E-state index in [4.69, 9.17) is 4.74 Å². The van der Waals surface area contributed by atoms with Gasteiger partial charge in [0.1, 0.15) is 11.6 Å². The molecule has 1 atom stereocenters. The minimum absolute atomic E-state index is 0.0639. The monoisotopic (exact) mass is 427 g/mol. The lowest BCUT2D eigenvalue weighted by atomic mass is 10.1. The van der Waals surface area contributed by atoms with E-state index in [-0.39, 0.29) is 16.8 Å². The number of benzene rings is 2. The Morgan fingerprint density at radius 1 is 1.03 bits per heavy atom. The summed E-state index contributed by atoms with van der Waals surface area (Å²) in [6, 6.07) is 6.87. The molecule has 0 spiro atoms. The fourth-order valence-corrected chi connectivity index (χ4v) is 3.03. The van der Waals surface area contributed by atoms with Crippen LogP contribution in [-0.2, 0) is 9.53 Å². The first-order chi connectivity index (χ1) is 14.6. The van der Waals surface area contributed by atoms with E-state index < -0.39 is 57.3 Å². The first-order valence-electron chi connectivity index (χ1n) is 8.73. The number of nitro groups is 2. The van der Waals surface area contributed by atoms with Crippen LogP contribution in [0.1, 0.15) is 38.0 Å². The Morgan fingerprint density at radius 3 is 2.35 bits per heavy atom. The maximum absolute atomic E-state index is 12.6. The van der Waals surface area contributed by atoms with Gasteiger partial charge in [0.25, 0.3) is 23.2 Å². The molecule has 1 aliphatic heterocycles. The highest BCUT2D eigenvalue weighted by atomic mass is 16.6. The van der Waals surface area contributed by atoms with Gasteiger partial charge in [-0.25, -0.2) is 4.79 Å². The lowest BCUT2D eigenvalue weighted by Gasteiger charge is -2.20. The molecule has 1 heterocycles. The van der Waals surface area contributed by atoms with Crippen molar-refractivity contribution in [3.05, 3.63) is 79.4 Å². The van der Waals surface area contributed by atoms with Gasteiger partial charge < -0.3 is 4.74 Å². The van der Waals surface area contributed by atoms with Crippen molar-refractivity contribution in [1.29, 1.82) is 0 Å². The number of non-ortho nitro benzene ring substituents is 1. The third-order valence-corrected chi connectivity index (χ3v) is 4.57. The van der Waals surface area contributed by atoms with Crippen LogP contribution in [0.25, 0.3) is 0 Å². The minimum atomic E-state index is -1.47. The Balaban J connectivity index is 1.73. The van der Waals surface area contributed by atoms with E-state index in [1.165, 1.54) is 37.3 Å². The third kappa shape index (κ3) is 3.85. The van der Waals surface area contributed by atoms with Gasteiger partial charge in [-0.1, -0.05) is 18.2 Å². The number of nitro benzene ring substituents is 2. The number of ketones is 1. The van der Waals surface area contributed by atoms with Crippen molar-refractivity contribution in [2.24, 2.45) is 0 Å². The molecule has 0 aromatic heterocycles. The molecule has 12 nitrogen and oxygen atoms in total. The number of ether oxygens (including phenoxy) is 1. The van der Waals surface area contributed by atoms with E-state index in [0.717, 1.165) is 12.1 Å². The second-order valence-corrected chi connectivity index (χ2v) is 6.45. The number of hydrogen-bond donors (Lipinski definition) is 0. The normalized spacial score (nSPS) is 13.5. The lowest BCUT2D eigenvalue weighted by molar-refractivity contribution is -0.385.